The minimum absolute atomic E-state index is 0.0929. The van der Waals surface area contributed by atoms with Crippen LogP contribution >= 0.6 is 11.3 Å². The Morgan fingerprint density at radius 2 is 2.33 bits per heavy atom. The normalized spacial score (nSPS) is 15.8. The number of carbonyl (C=O) groups is 2. The van der Waals surface area contributed by atoms with E-state index in [-0.39, 0.29) is 30.9 Å². The van der Waals surface area contributed by atoms with Gasteiger partial charge in [-0.05, 0) is 18.1 Å². The fourth-order valence-corrected chi connectivity index (χ4v) is 2.95. The second-order valence-electron chi connectivity index (χ2n) is 5.29. The van der Waals surface area contributed by atoms with E-state index in [2.05, 4.69) is 15.6 Å². The van der Waals surface area contributed by atoms with Crippen LogP contribution in [0.1, 0.15) is 5.56 Å². The van der Waals surface area contributed by atoms with Crippen molar-refractivity contribution < 1.29 is 19.1 Å². The Kier molecular flexibility index (Phi) is 4.95. The Hall–Kier alpha value is -2.61. The van der Waals surface area contributed by atoms with Crippen molar-refractivity contribution >= 4 is 28.3 Å². The number of methoxy groups -OCH3 is 1. The second-order valence-corrected chi connectivity index (χ2v) is 6.18. The molecule has 1 aliphatic heterocycles. The minimum Gasteiger partial charge on any atom is -0.497 e. The molecule has 0 spiro atoms. The van der Waals surface area contributed by atoms with Crippen LogP contribution in [0.2, 0.25) is 0 Å². The molecule has 8 heteroatoms. The van der Waals surface area contributed by atoms with Crippen molar-refractivity contribution in [2.45, 2.75) is 6.42 Å². The Labute approximate surface area is 143 Å². The van der Waals surface area contributed by atoms with Gasteiger partial charge >= 0.3 is 0 Å². The molecule has 2 heterocycles. The highest BCUT2D eigenvalue weighted by Crippen LogP contribution is 2.31. The van der Waals surface area contributed by atoms with E-state index in [1.165, 1.54) is 11.3 Å². The molecule has 0 unspecified atom stereocenters. The van der Waals surface area contributed by atoms with Gasteiger partial charge in [0.25, 0.3) is 0 Å². The first kappa shape index (κ1) is 16.3. The molecule has 126 valence electrons. The standard InChI is InChI=1S/C16H17N3O4S/c1-22-12-3-2-10-6-11(9-23-13(10)7-12)15(21)18-8-14(20)19-16-17-4-5-24-16/h2-5,7,11H,6,8-9H2,1H3,(H,18,21)(H,17,19,20)/t11-/m1/s1. The number of fused-ring (bicyclic) bond motifs is 1. The zero-order valence-electron chi connectivity index (χ0n) is 13.1. The van der Waals surface area contributed by atoms with Crippen LogP contribution in [0.5, 0.6) is 11.5 Å². The highest BCUT2D eigenvalue weighted by molar-refractivity contribution is 7.13. The zero-order valence-corrected chi connectivity index (χ0v) is 13.9. The predicted molar refractivity (Wildman–Crippen MR) is 89.4 cm³/mol. The summed E-state index contributed by atoms with van der Waals surface area (Å²) >= 11 is 1.32. The average Bonchev–Trinajstić information content (AvgIpc) is 3.11. The third-order valence-electron chi connectivity index (χ3n) is 3.65. The molecule has 2 aromatic rings. The molecule has 0 aliphatic carbocycles. The van der Waals surface area contributed by atoms with E-state index >= 15 is 0 Å². The molecule has 0 radical (unpaired) electrons. The van der Waals surface area contributed by atoms with Crippen molar-refractivity contribution in [2.75, 3.05) is 25.6 Å². The molecular weight excluding hydrogens is 330 g/mol. The smallest absolute Gasteiger partial charge is 0.245 e. The van der Waals surface area contributed by atoms with Crippen molar-refractivity contribution in [3.05, 3.63) is 35.3 Å². The van der Waals surface area contributed by atoms with Gasteiger partial charge in [0.15, 0.2) is 5.13 Å². The maximum Gasteiger partial charge on any atom is 0.245 e. The Morgan fingerprint density at radius 1 is 1.46 bits per heavy atom. The van der Waals surface area contributed by atoms with Gasteiger partial charge in [0.2, 0.25) is 11.8 Å². The monoisotopic (exact) mass is 347 g/mol. The number of thiazole rings is 1. The zero-order chi connectivity index (χ0) is 16.9. The van der Waals surface area contributed by atoms with E-state index in [4.69, 9.17) is 9.47 Å². The van der Waals surface area contributed by atoms with Crippen LogP contribution in [0, 0.1) is 5.92 Å². The third kappa shape index (κ3) is 3.83. The molecule has 0 fully saturated rings. The molecule has 0 saturated heterocycles. The summed E-state index contributed by atoms with van der Waals surface area (Å²) in [6, 6.07) is 5.54. The molecular formula is C16H17N3O4S. The molecule has 7 nitrogen and oxygen atoms in total. The van der Waals surface area contributed by atoms with Gasteiger partial charge in [0.1, 0.15) is 18.1 Å². The first-order valence-electron chi connectivity index (χ1n) is 7.42. The second kappa shape index (κ2) is 7.31. The highest BCUT2D eigenvalue weighted by Gasteiger charge is 2.26. The number of carbonyl (C=O) groups excluding carboxylic acids is 2. The SMILES string of the molecule is COc1ccc2c(c1)OC[C@H](C(=O)NCC(=O)Nc1nccs1)C2. The van der Waals surface area contributed by atoms with Gasteiger partial charge in [0.05, 0.1) is 19.6 Å². The maximum atomic E-state index is 12.2. The van der Waals surface area contributed by atoms with Gasteiger partial charge in [-0.1, -0.05) is 6.07 Å². The van der Waals surface area contributed by atoms with Gasteiger partial charge in [-0.2, -0.15) is 0 Å². The van der Waals surface area contributed by atoms with Crippen molar-refractivity contribution in [3.63, 3.8) is 0 Å². The summed E-state index contributed by atoms with van der Waals surface area (Å²) in [4.78, 5) is 27.9. The van der Waals surface area contributed by atoms with Crippen LogP contribution in [0.25, 0.3) is 0 Å². The summed E-state index contributed by atoms with van der Waals surface area (Å²) in [6.45, 7) is 0.185. The number of benzene rings is 1. The molecule has 1 aromatic heterocycles. The molecule has 1 aliphatic rings. The number of hydrogen-bond acceptors (Lipinski definition) is 6. The van der Waals surface area contributed by atoms with Crippen molar-refractivity contribution in [2.24, 2.45) is 5.92 Å². The molecule has 0 bridgehead atoms. The number of ether oxygens (including phenoxy) is 2. The summed E-state index contributed by atoms with van der Waals surface area (Å²) in [7, 11) is 1.59. The third-order valence-corrected chi connectivity index (χ3v) is 4.34. The highest BCUT2D eigenvalue weighted by atomic mass is 32.1. The summed E-state index contributed by atoms with van der Waals surface area (Å²) in [5, 5.41) is 7.53. The van der Waals surface area contributed by atoms with Crippen LogP contribution in [0.15, 0.2) is 29.8 Å². The van der Waals surface area contributed by atoms with E-state index in [1.54, 1.807) is 18.7 Å². The number of aromatic nitrogens is 1. The van der Waals surface area contributed by atoms with Crippen LogP contribution in [0.4, 0.5) is 5.13 Å². The summed E-state index contributed by atoms with van der Waals surface area (Å²) in [6.07, 6.45) is 2.17. The lowest BCUT2D eigenvalue weighted by molar-refractivity contribution is -0.128. The molecule has 2 N–H and O–H groups in total. The van der Waals surface area contributed by atoms with Gasteiger partial charge in [-0.25, -0.2) is 4.98 Å². The van der Waals surface area contributed by atoms with Crippen molar-refractivity contribution in [1.82, 2.24) is 10.3 Å². The Bertz CT molecular complexity index is 733. The van der Waals surface area contributed by atoms with Crippen LogP contribution in [-0.4, -0.2) is 37.1 Å². The predicted octanol–water partition coefficient (Wildman–Crippen LogP) is 1.46. The molecule has 0 saturated carbocycles. The fraction of sp³-hybridized carbons (Fsp3) is 0.312. The first-order chi connectivity index (χ1) is 11.7. The van der Waals surface area contributed by atoms with Gasteiger partial charge in [0, 0.05) is 17.6 Å². The number of anilines is 1. The van der Waals surface area contributed by atoms with Gasteiger partial charge in [-0.3, -0.25) is 9.59 Å². The summed E-state index contributed by atoms with van der Waals surface area (Å²) < 4.78 is 10.8. The number of nitrogens with zero attached hydrogens (tertiary/aromatic N) is 1. The quantitative estimate of drug-likeness (QED) is 0.855. The van der Waals surface area contributed by atoms with Crippen LogP contribution < -0.4 is 20.1 Å². The topological polar surface area (TPSA) is 89.5 Å². The van der Waals surface area contributed by atoms with E-state index in [1.807, 2.05) is 18.2 Å². The van der Waals surface area contributed by atoms with E-state index < -0.39 is 0 Å². The average molecular weight is 347 g/mol. The Morgan fingerprint density at radius 3 is 3.08 bits per heavy atom. The molecule has 24 heavy (non-hydrogen) atoms. The van der Waals surface area contributed by atoms with E-state index in [9.17, 15) is 9.59 Å². The van der Waals surface area contributed by atoms with Crippen molar-refractivity contribution in [3.8, 4) is 11.5 Å². The van der Waals surface area contributed by atoms with Crippen LogP contribution in [-0.2, 0) is 16.0 Å². The summed E-state index contributed by atoms with van der Waals surface area (Å²) in [5.74, 6) is 0.625. The van der Waals surface area contributed by atoms with Gasteiger partial charge in [-0.15, -0.1) is 11.3 Å². The lowest BCUT2D eigenvalue weighted by atomic mass is 9.96. The number of amides is 2. The van der Waals surface area contributed by atoms with Crippen LogP contribution in [0.3, 0.4) is 0 Å². The van der Waals surface area contributed by atoms with Gasteiger partial charge < -0.3 is 20.1 Å². The number of nitrogens with one attached hydrogen (secondary N) is 2. The van der Waals surface area contributed by atoms with E-state index in [0.29, 0.717) is 11.6 Å². The molecule has 1 atom stereocenters. The molecule has 1 aromatic carbocycles. The Balaban J connectivity index is 1.51. The lowest BCUT2D eigenvalue weighted by Crippen LogP contribution is -2.40. The molecule has 2 amide bonds. The maximum absolute atomic E-state index is 12.2. The fourth-order valence-electron chi connectivity index (χ4n) is 2.41. The first-order valence-corrected chi connectivity index (χ1v) is 8.30. The number of rotatable bonds is 5. The molecule has 3 rings (SSSR count). The minimum atomic E-state index is -0.321. The van der Waals surface area contributed by atoms with Crippen molar-refractivity contribution in [1.29, 1.82) is 0 Å². The number of hydrogen-bond donors (Lipinski definition) is 2. The largest absolute Gasteiger partial charge is 0.497 e. The lowest BCUT2D eigenvalue weighted by Gasteiger charge is -2.24. The summed E-state index contributed by atoms with van der Waals surface area (Å²) in [5.41, 5.74) is 0.953. The van der Waals surface area contributed by atoms with E-state index in [0.717, 1.165) is 17.1 Å².